The number of hydrogen-bond donors (Lipinski definition) is 3. The van der Waals surface area contributed by atoms with Crippen LogP contribution in [0.25, 0.3) is 0 Å². The van der Waals surface area contributed by atoms with Gasteiger partial charge in [0, 0.05) is 14.1 Å². The second-order valence-electron chi connectivity index (χ2n) is 4.61. The lowest BCUT2D eigenvalue weighted by atomic mass is 10.1. The second kappa shape index (κ2) is 5.52. The Morgan fingerprint density at radius 3 is 2.40 bits per heavy atom. The van der Waals surface area contributed by atoms with Gasteiger partial charge in [-0.1, -0.05) is 18.2 Å². The van der Waals surface area contributed by atoms with Gasteiger partial charge in [0.25, 0.3) is 0 Å². The molecule has 0 aliphatic heterocycles. The number of nitrogen functional groups attached to an aromatic ring is 1. The van der Waals surface area contributed by atoms with Crippen LogP contribution in [0.15, 0.2) is 42.5 Å². The number of nitrogens with two attached hydrogens (primary N) is 1. The largest absolute Gasteiger partial charge is 0.478 e. The number of para-hydroxylation sites is 3. The van der Waals surface area contributed by atoms with Gasteiger partial charge in [0.1, 0.15) is 0 Å². The van der Waals surface area contributed by atoms with Gasteiger partial charge in [-0.25, -0.2) is 4.79 Å². The molecule has 20 heavy (non-hydrogen) atoms. The van der Waals surface area contributed by atoms with Crippen molar-refractivity contribution in [2.75, 3.05) is 30.0 Å². The third kappa shape index (κ3) is 2.66. The van der Waals surface area contributed by atoms with Crippen LogP contribution in [0.2, 0.25) is 0 Å². The van der Waals surface area contributed by atoms with Crippen LogP contribution in [0.3, 0.4) is 0 Å². The highest BCUT2D eigenvalue weighted by atomic mass is 16.4. The van der Waals surface area contributed by atoms with Gasteiger partial charge < -0.3 is 21.1 Å². The zero-order valence-corrected chi connectivity index (χ0v) is 11.4. The molecule has 2 rings (SSSR count). The fraction of sp³-hybridized carbons (Fsp3) is 0.133. The van der Waals surface area contributed by atoms with E-state index in [0.29, 0.717) is 5.69 Å². The molecule has 0 spiro atoms. The number of carboxylic acids is 1. The van der Waals surface area contributed by atoms with E-state index in [1.165, 1.54) is 6.07 Å². The molecule has 5 nitrogen and oxygen atoms in total. The van der Waals surface area contributed by atoms with Crippen molar-refractivity contribution in [3.8, 4) is 0 Å². The normalized spacial score (nSPS) is 10.1. The lowest BCUT2D eigenvalue weighted by Crippen LogP contribution is -2.11. The highest BCUT2D eigenvalue weighted by Crippen LogP contribution is 2.31. The van der Waals surface area contributed by atoms with E-state index in [4.69, 9.17) is 10.8 Å². The molecule has 0 bridgehead atoms. The number of carbonyl (C=O) groups is 1. The highest BCUT2D eigenvalue weighted by molar-refractivity contribution is 5.98. The second-order valence-corrected chi connectivity index (χ2v) is 4.61. The highest BCUT2D eigenvalue weighted by Gasteiger charge is 2.12. The molecule has 2 aromatic carbocycles. The first-order valence-electron chi connectivity index (χ1n) is 6.16. The minimum absolute atomic E-state index is 0.0948. The van der Waals surface area contributed by atoms with Gasteiger partial charge in [0.15, 0.2) is 0 Å². The molecule has 2 aromatic rings. The maximum Gasteiger partial charge on any atom is 0.337 e. The summed E-state index contributed by atoms with van der Waals surface area (Å²) in [4.78, 5) is 13.1. The van der Waals surface area contributed by atoms with Crippen molar-refractivity contribution in [2.45, 2.75) is 0 Å². The molecule has 0 aromatic heterocycles. The van der Waals surface area contributed by atoms with Crippen molar-refractivity contribution in [1.82, 2.24) is 0 Å². The van der Waals surface area contributed by atoms with Crippen LogP contribution in [0, 0.1) is 0 Å². The standard InChI is InChI=1S/C15H17N3O2/c1-18(2)13-9-4-3-7-11(13)17-12-8-5-6-10(14(12)16)15(19)20/h3-9,17H,16H2,1-2H3,(H,19,20). The fourth-order valence-electron chi connectivity index (χ4n) is 1.98. The van der Waals surface area contributed by atoms with Gasteiger partial charge >= 0.3 is 5.97 Å². The molecule has 0 radical (unpaired) electrons. The van der Waals surface area contributed by atoms with Gasteiger partial charge in [-0.3, -0.25) is 0 Å². The Morgan fingerprint density at radius 2 is 1.75 bits per heavy atom. The molecule has 0 amide bonds. The van der Waals surface area contributed by atoms with E-state index in [2.05, 4.69) is 5.32 Å². The Labute approximate surface area is 117 Å². The summed E-state index contributed by atoms with van der Waals surface area (Å²) in [7, 11) is 3.88. The summed E-state index contributed by atoms with van der Waals surface area (Å²) in [5.41, 5.74) is 8.67. The summed E-state index contributed by atoms with van der Waals surface area (Å²) >= 11 is 0. The summed E-state index contributed by atoms with van der Waals surface area (Å²) < 4.78 is 0. The first-order chi connectivity index (χ1) is 9.50. The first kappa shape index (κ1) is 13.7. The summed E-state index contributed by atoms with van der Waals surface area (Å²) in [6.07, 6.45) is 0. The van der Waals surface area contributed by atoms with Crippen LogP contribution in [0.1, 0.15) is 10.4 Å². The Kier molecular flexibility index (Phi) is 3.79. The van der Waals surface area contributed by atoms with Gasteiger partial charge in [0.2, 0.25) is 0 Å². The predicted octanol–water partition coefficient (Wildman–Crippen LogP) is 2.78. The number of nitrogens with zero attached hydrogens (tertiary/aromatic N) is 1. The number of hydrogen-bond acceptors (Lipinski definition) is 4. The summed E-state index contributed by atoms with van der Waals surface area (Å²) in [5.74, 6) is -1.04. The number of carboxylic acid groups (broad SMARTS) is 1. The van der Waals surface area contributed by atoms with Crippen LogP contribution >= 0.6 is 0 Å². The van der Waals surface area contributed by atoms with E-state index in [1.807, 2.05) is 43.3 Å². The van der Waals surface area contributed by atoms with E-state index < -0.39 is 5.97 Å². The van der Waals surface area contributed by atoms with Gasteiger partial charge in [0.05, 0.1) is 28.3 Å². The molecular weight excluding hydrogens is 254 g/mol. The van der Waals surface area contributed by atoms with Crippen LogP contribution in [0.5, 0.6) is 0 Å². The van der Waals surface area contributed by atoms with Crippen LogP contribution in [-0.2, 0) is 0 Å². The molecule has 104 valence electrons. The zero-order valence-electron chi connectivity index (χ0n) is 11.4. The Balaban J connectivity index is 2.41. The van der Waals surface area contributed by atoms with Gasteiger partial charge in [-0.15, -0.1) is 0 Å². The maximum absolute atomic E-state index is 11.1. The van der Waals surface area contributed by atoms with Crippen molar-refractivity contribution in [1.29, 1.82) is 0 Å². The molecular formula is C15H17N3O2. The average Bonchev–Trinajstić information content (AvgIpc) is 2.41. The third-order valence-corrected chi connectivity index (χ3v) is 2.99. The Morgan fingerprint density at radius 1 is 1.10 bits per heavy atom. The van der Waals surface area contributed by atoms with E-state index in [-0.39, 0.29) is 11.3 Å². The van der Waals surface area contributed by atoms with E-state index in [0.717, 1.165) is 11.4 Å². The van der Waals surface area contributed by atoms with Gasteiger partial charge in [-0.2, -0.15) is 0 Å². The minimum Gasteiger partial charge on any atom is -0.478 e. The number of nitrogens with one attached hydrogen (secondary N) is 1. The SMILES string of the molecule is CN(C)c1ccccc1Nc1cccc(C(=O)O)c1N. The number of anilines is 4. The smallest absolute Gasteiger partial charge is 0.337 e. The third-order valence-electron chi connectivity index (χ3n) is 2.99. The topological polar surface area (TPSA) is 78.6 Å². The molecule has 0 unspecified atom stereocenters. The fourth-order valence-corrected chi connectivity index (χ4v) is 1.98. The van der Waals surface area contributed by atoms with Gasteiger partial charge in [-0.05, 0) is 24.3 Å². The molecule has 5 heteroatoms. The molecule has 0 heterocycles. The van der Waals surface area contributed by atoms with E-state index in [1.54, 1.807) is 12.1 Å². The zero-order chi connectivity index (χ0) is 14.7. The van der Waals surface area contributed by atoms with Crippen LogP contribution in [-0.4, -0.2) is 25.2 Å². The summed E-state index contributed by atoms with van der Waals surface area (Å²) in [5, 5.41) is 12.3. The van der Waals surface area contributed by atoms with Crippen molar-refractivity contribution in [3.63, 3.8) is 0 Å². The first-order valence-corrected chi connectivity index (χ1v) is 6.16. The Bertz CT molecular complexity index is 639. The monoisotopic (exact) mass is 271 g/mol. The minimum atomic E-state index is -1.04. The predicted molar refractivity (Wildman–Crippen MR) is 81.9 cm³/mol. The molecule has 0 saturated carbocycles. The molecule has 0 atom stereocenters. The lowest BCUT2D eigenvalue weighted by molar-refractivity contribution is 0.0698. The summed E-state index contributed by atoms with van der Waals surface area (Å²) in [6, 6.07) is 12.7. The van der Waals surface area contributed by atoms with E-state index in [9.17, 15) is 4.79 Å². The molecule has 0 fully saturated rings. The molecule has 0 aliphatic rings. The average molecular weight is 271 g/mol. The maximum atomic E-state index is 11.1. The van der Waals surface area contributed by atoms with Crippen molar-refractivity contribution < 1.29 is 9.90 Å². The summed E-state index contributed by atoms with van der Waals surface area (Å²) in [6.45, 7) is 0. The number of rotatable bonds is 4. The molecule has 0 saturated heterocycles. The lowest BCUT2D eigenvalue weighted by Gasteiger charge is -2.19. The van der Waals surface area contributed by atoms with Crippen molar-refractivity contribution >= 4 is 28.7 Å². The quantitative estimate of drug-likeness (QED) is 0.745. The number of benzene rings is 2. The molecule has 4 N–H and O–H groups in total. The number of aromatic carboxylic acids is 1. The van der Waals surface area contributed by atoms with Crippen LogP contribution in [0.4, 0.5) is 22.7 Å². The Hall–Kier alpha value is -2.69. The van der Waals surface area contributed by atoms with Crippen LogP contribution < -0.4 is 16.0 Å². The van der Waals surface area contributed by atoms with Crippen molar-refractivity contribution in [3.05, 3.63) is 48.0 Å². The van der Waals surface area contributed by atoms with E-state index >= 15 is 0 Å². The molecule has 0 aliphatic carbocycles. The van der Waals surface area contributed by atoms with Crippen molar-refractivity contribution in [2.24, 2.45) is 0 Å².